The van der Waals surface area contributed by atoms with Crippen molar-refractivity contribution in [2.45, 2.75) is 26.0 Å². The SMILES string of the molecule is C[C@@H](O)CNC(=O)NCCN1CCc2c(Cl)cccc2C1. The van der Waals surface area contributed by atoms with E-state index in [9.17, 15) is 4.79 Å². The fourth-order valence-electron chi connectivity index (χ4n) is 2.44. The Morgan fingerprint density at radius 2 is 2.29 bits per heavy atom. The summed E-state index contributed by atoms with van der Waals surface area (Å²) in [6.45, 7) is 5.11. The quantitative estimate of drug-likeness (QED) is 0.770. The zero-order chi connectivity index (χ0) is 15.2. The number of hydrogen-bond acceptors (Lipinski definition) is 3. The van der Waals surface area contributed by atoms with Gasteiger partial charge in [0.1, 0.15) is 0 Å². The third kappa shape index (κ3) is 4.88. The molecule has 5 nitrogen and oxygen atoms in total. The molecule has 6 heteroatoms. The molecule has 0 aliphatic carbocycles. The number of nitrogens with one attached hydrogen (secondary N) is 2. The Morgan fingerprint density at radius 1 is 1.48 bits per heavy atom. The molecule has 21 heavy (non-hydrogen) atoms. The van der Waals surface area contributed by atoms with Gasteiger partial charge in [0.05, 0.1) is 6.10 Å². The minimum Gasteiger partial charge on any atom is -0.392 e. The normalized spacial score (nSPS) is 16.1. The van der Waals surface area contributed by atoms with Gasteiger partial charge in [-0.2, -0.15) is 0 Å². The summed E-state index contributed by atoms with van der Waals surface area (Å²) >= 11 is 6.19. The lowest BCUT2D eigenvalue weighted by Crippen LogP contribution is -2.43. The molecule has 0 unspecified atom stereocenters. The van der Waals surface area contributed by atoms with E-state index in [0.29, 0.717) is 6.54 Å². The van der Waals surface area contributed by atoms with E-state index in [1.165, 1.54) is 11.1 Å². The van der Waals surface area contributed by atoms with Crippen molar-refractivity contribution in [2.75, 3.05) is 26.2 Å². The number of nitrogens with zero attached hydrogens (tertiary/aromatic N) is 1. The highest BCUT2D eigenvalue weighted by molar-refractivity contribution is 6.31. The second-order valence-corrected chi connectivity index (χ2v) is 5.80. The van der Waals surface area contributed by atoms with Gasteiger partial charge in [0.15, 0.2) is 0 Å². The van der Waals surface area contributed by atoms with Crippen LogP contribution in [-0.2, 0) is 13.0 Å². The number of urea groups is 1. The van der Waals surface area contributed by atoms with Gasteiger partial charge in [0.25, 0.3) is 0 Å². The van der Waals surface area contributed by atoms with Crippen LogP contribution < -0.4 is 10.6 Å². The summed E-state index contributed by atoms with van der Waals surface area (Å²) in [6, 6.07) is 5.78. The highest BCUT2D eigenvalue weighted by Crippen LogP contribution is 2.25. The number of halogens is 1. The third-order valence-corrected chi connectivity index (χ3v) is 3.91. The third-order valence-electron chi connectivity index (χ3n) is 3.56. The van der Waals surface area contributed by atoms with Gasteiger partial charge in [0.2, 0.25) is 0 Å². The van der Waals surface area contributed by atoms with E-state index >= 15 is 0 Å². The molecule has 1 aromatic carbocycles. The molecule has 1 aromatic rings. The van der Waals surface area contributed by atoms with Gasteiger partial charge in [-0.1, -0.05) is 23.7 Å². The first-order valence-corrected chi connectivity index (χ1v) is 7.62. The van der Waals surface area contributed by atoms with Crippen LogP contribution in [0.25, 0.3) is 0 Å². The Hall–Kier alpha value is -1.30. The number of fused-ring (bicyclic) bond motifs is 1. The molecule has 0 saturated heterocycles. The van der Waals surface area contributed by atoms with Crippen LogP contribution in [0.5, 0.6) is 0 Å². The van der Waals surface area contributed by atoms with E-state index in [1.54, 1.807) is 6.92 Å². The van der Waals surface area contributed by atoms with Gasteiger partial charge < -0.3 is 15.7 Å². The maximum atomic E-state index is 11.5. The zero-order valence-electron chi connectivity index (χ0n) is 12.2. The first kappa shape index (κ1) is 16.1. The van der Waals surface area contributed by atoms with E-state index < -0.39 is 6.10 Å². The van der Waals surface area contributed by atoms with Crippen LogP contribution in [0.4, 0.5) is 4.79 Å². The Kier molecular flexibility index (Phi) is 5.85. The number of carbonyl (C=O) groups excluding carboxylic acids is 1. The molecule has 2 amide bonds. The molecule has 1 aliphatic heterocycles. The summed E-state index contributed by atoms with van der Waals surface area (Å²) in [7, 11) is 0. The molecule has 2 rings (SSSR count). The molecule has 0 aromatic heterocycles. The molecule has 1 heterocycles. The first-order valence-electron chi connectivity index (χ1n) is 7.24. The largest absolute Gasteiger partial charge is 0.392 e. The van der Waals surface area contributed by atoms with Crippen molar-refractivity contribution in [2.24, 2.45) is 0 Å². The van der Waals surface area contributed by atoms with Crippen LogP contribution in [0.2, 0.25) is 5.02 Å². The van der Waals surface area contributed by atoms with E-state index in [4.69, 9.17) is 16.7 Å². The first-order chi connectivity index (χ1) is 10.1. The minimum absolute atomic E-state index is 0.239. The summed E-state index contributed by atoms with van der Waals surface area (Å²) in [5.41, 5.74) is 2.52. The highest BCUT2D eigenvalue weighted by Gasteiger charge is 2.17. The van der Waals surface area contributed by atoms with Crippen LogP contribution in [0.1, 0.15) is 18.1 Å². The molecule has 0 bridgehead atoms. The molecular weight excluding hydrogens is 290 g/mol. The van der Waals surface area contributed by atoms with Crippen LogP contribution in [0, 0.1) is 0 Å². The summed E-state index contributed by atoms with van der Waals surface area (Å²) in [5, 5.41) is 15.3. The predicted octanol–water partition coefficient (Wildman–Crippen LogP) is 1.38. The van der Waals surface area contributed by atoms with Gasteiger partial charge in [0, 0.05) is 37.7 Å². The van der Waals surface area contributed by atoms with Gasteiger partial charge in [-0.15, -0.1) is 0 Å². The number of amides is 2. The monoisotopic (exact) mass is 311 g/mol. The molecule has 116 valence electrons. The number of aliphatic hydroxyl groups is 1. The van der Waals surface area contributed by atoms with Gasteiger partial charge in [-0.05, 0) is 30.5 Å². The molecule has 0 fully saturated rings. The van der Waals surface area contributed by atoms with Crippen molar-refractivity contribution < 1.29 is 9.90 Å². The van der Waals surface area contributed by atoms with Crippen LogP contribution in [0.3, 0.4) is 0 Å². The molecule has 1 aliphatic rings. The number of aliphatic hydroxyl groups excluding tert-OH is 1. The van der Waals surface area contributed by atoms with E-state index in [0.717, 1.165) is 31.1 Å². The summed E-state index contributed by atoms with van der Waals surface area (Å²) in [6.07, 6.45) is 0.419. The van der Waals surface area contributed by atoms with Crippen LogP contribution in [0.15, 0.2) is 18.2 Å². The minimum atomic E-state index is -0.529. The van der Waals surface area contributed by atoms with Gasteiger partial charge in [-0.25, -0.2) is 4.79 Å². The zero-order valence-corrected chi connectivity index (χ0v) is 13.0. The Bertz CT molecular complexity index is 494. The second kappa shape index (κ2) is 7.64. The van der Waals surface area contributed by atoms with Crippen molar-refractivity contribution in [1.82, 2.24) is 15.5 Å². The van der Waals surface area contributed by atoms with Crippen molar-refractivity contribution in [3.63, 3.8) is 0 Å². The number of hydrogen-bond donors (Lipinski definition) is 3. The number of benzene rings is 1. The van der Waals surface area contributed by atoms with E-state index in [-0.39, 0.29) is 12.6 Å². The molecule has 0 radical (unpaired) electrons. The average Bonchev–Trinajstić information content (AvgIpc) is 2.45. The van der Waals surface area contributed by atoms with Crippen molar-refractivity contribution in [3.05, 3.63) is 34.3 Å². The number of carbonyl (C=O) groups is 1. The Labute approximate surface area is 130 Å². The number of rotatable bonds is 5. The standard InChI is InChI=1S/C15H22ClN3O2/c1-11(20)9-18-15(21)17-6-8-19-7-5-13-12(10-19)3-2-4-14(13)16/h2-4,11,20H,5-10H2,1H3,(H2,17,18,21)/t11-/m1/s1. The van der Waals surface area contributed by atoms with E-state index in [1.807, 2.05) is 12.1 Å². The Balaban J connectivity index is 1.72. The second-order valence-electron chi connectivity index (χ2n) is 5.39. The smallest absolute Gasteiger partial charge is 0.314 e. The summed E-state index contributed by atoms with van der Waals surface area (Å²) in [5.74, 6) is 0. The summed E-state index contributed by atoms with van der Waals surface area (Å²) < 4.78 is 0. The fraction of sp³-hybridized carbons (Fsp3) is 0.533. The Morgan fingerprint density at radius 3 is 3.05 bits per heavy atom. The lowest BCUT2D eigenvalue weighted by molar-refractivity contribution is 0.186. The topological polar surface area (TPSA) is 64.6 Å². The molecule has 0 spiro atoms. The summed E-state index contributed by atoms with van der Waals surface area (Å²) in [4.78, 5) is 13.8. The van der Waals surface area contributed by atoms with Gasteiger partial charge >= 0.3 is 6.03 Å². The van der Waals surface area contributed by atoms with Crippen molar-refractivity contribution in [3.8, 4) is 0 Å². The fourth-order valence-corrected chi connectivity index (χ4v) is 2.73. The highest BCUT2D eigenvalue weighted by atomic mass is 35.5. The average molecular weight is 312 g/mol. The van der Waals surface area contributed by atoms with E-state index in [2.05, 4.69) is 21.6 Å². The van der Waals surface area contributed by atoms with Gasteiger partial charge in [-0.3, -0.25) is 4.90 Å². The van der Waals surface area contributed by atoms with Crippen molar-refractivity contribution >= 4 is 17.6 Å². The molecule has 0 saturated carbocycles. The molecule has 3 N–H and O–H groups in total. The maximum absolute atomic E-state index is 11.5. The molecule has 1 atom stereocenters. The van der Waals surface area contributed by atoms with Crippen LogP contribution in [-0.4, -0.2) is 48.3 Å². The molecular formula is C15H22ClN3O2. The van der Waals surface area contributed by atoms with Crippen molar-refractivity contribution in [1.29, 1.82) is 0 Å². The lowest BCUT2D eigenvalue weighted by atomic mass is 10.00. The maximum Gasteiger partial charge on any atom is 0.314 e. The lowest BCUT2D eigenvalue weighted by Gasteiger charge is -2.29. The van der Waals surface area contributed by atoms with Crippen LogP contribution >= 0.6 is 11.6 Å². The predicted molar refractivity (Wildman–Crippen MR) is 83.5 cm³/mol.